The second-order valence-electron chi connectivity index (χ2n) is 3.29. The molecule has 14 heavy (non-hydrogen) atoms. The zero-order valence-corrected chi connectivity index (χ0v) is 8.90. The van der Waals surface area contributed by atoms with Gasteiger partial charge in [-0.2, -0.15) is 0 Å². The summed E-state index contributed by atoms with van der Waals surface area (Å²) in [6.45, 7) is -0.247. The zero-order chi connectivity index (χ0) is 10.1. The standard InChI is InChI=1S/C8H8BrN3O2/c9-6-3-10-8(5-1-2-5)11-7(6)4-12(13)14/h3,5H,1-2,4H2. The van der Waals surface area contributed by atoms with Gasteiger partial charge in [-0.25, -0.2) is 9.97 Å². The molecule has 0 bridgehead atoms. The van der Waals surface area contributed by atoms with Crippen molar-refractivity contribution in [2.75, 3.05) is 0 Å². The largest absolute Gasteiger partial charge is 0.264 e. The van der Waals surface area contributed by atoms with Crippen molar-refractivity contribution in [3.8, 4) is 0 Å². The summed E-state index contributed by atoms with van der Waals surface area (Å²) in [4.78, 5) is 18.3. The lowest BCUT2D eigenvalue weighted by Gasteiger charge is -2.01. The summed E-state index contributed by atoms with van der Waals surface area (Å²) >= 11 is 3.20. The van der Waals surface area contributed by atoms with E-state index >= 15 is 0 Å². The maximum absolute atomic E-state index is 10.3. The minimum atomic E-state index is -0.385. The number of nitro groups is 1. The van der Waals surface area contributed by atoms with Gasteiger partial charge >= 0.3 is 0 Å². The van der Waals surface area contributed by atoms with E-state index in [1.54, 1.807) is 6.20 Å². The smallest absolute Gasteiger partial charge is 0.246 e. The van der Waals surface area contributed by atoms with Gasteiger partial charge in [-0.05, 0) is 28.8 Å². The van der Waals surface area contributed by atoms with E-state index in [9.17, 15) is 10.1 Å². The Morgan fingerprint density at radius 2 is 2.36 bits per heavy atom. The fourth-order valence-corrected chi connectivity index (χ4v) is 1.51. The van der Waals surface area contributed by atoms with Crippen LogP contribution in [0.1, 0.15) is 30.3 Å². The topological polar surface area (TPSA) is 68.9 Å². The molecule has 0 radical (unpaired) electrons. The molecule has 1 aliphatic carbocycles. The Morgan fingerprint density at radius 1 is 1.64 bits per heavy atom. The molecule has 0 aliphatic heterocycles. The van der Waals surface area contributed by atoms with Crippen LogP contribution in [-0.4, -0.2) is 14.9 Å². The molecule has 1 aromatic rings. The van der Waals surface area contributed by atoms with E-state index < -0.39 is 0 Å². The lowest BCUT2D eigenvalue weighted by Crippen LogP contribution is -2.05. The first-order valence-electron chi connectivity index (χ1n) is 4.30. The molecule has 0 N–H and O–H groups in total. The third-order valence-corrected chi connectivity index (χ3v) is 2.72. The summed E-state index contributed by atoms with van der Waals surface area (Å²) in [7, 11) is 0. The number of halogens is 1. The average Bonchev–Trinajstić information content (AvgIpc) is 2.91. The summed E-state index contributed by atoms with van der Waals surface area (Å²) in [6.07, 6.45) is 3.79. The second-order valence-corrected chi connectivity index (χ2v) is 4.14. The van der Waals surface area contributed by atoms with Crippen LogP contribution in [0.4, 0.5) is 0 Å². The molecule has 0 atom stereocenters. The number of nitrogens with zero attached hydrogens (tertiary/aromatic N) is 3. The van der Waals surface area contributed by atoms with Crippen molar-refractivity contribution in [2.45, 2.75) is 25.3 Å². The molecule has 1 aromatic heterocycles. The molecule has 0 unspecified atom stereocenters. The summed E-state index contributed by atoms with van der Waals surface area (Å²) < 4.78 is 0.610. The Balaban J connectivity index is 2.26. The molecule has 5 nitrogen and oxygen atoms in total. The van der Waals surface area contributed by atoms with Crippen molar-refractivity contribution in [3.63, 3.8) is 0 Å². The number of aromatic nitrogens is 2. The Kier molecular flexibility index (Phi) is 2.45. The van der Waals surface area contributed by atoms with Gasteiger partial charge in [0.05, 0.1) is 4.47 Å². The highest BCUT2D eigenvalue weighted by Crippen LogP contribution is 2.38. The molecule has 0 aromatic carbocycles. The van der Waals surface area contributed by atoms with Gasteiger partial charge in [0.1, 0.15) is 11.5 Å². The maximum Gasteiger partial charge on any atom is 0.246 e. The molecule has 74 valence electrons. The van der Waals surface area contributed by atoms with Gasteiger partial charge in [0.2, 0.25) is 6.54 Å². The van der Waals surface area contributed by atoms with Gasteiger partial charge in [-0.15, -0.1) is 0 Å². The van der Waals surface area contributed by atoms with Crippen LogP contribution in [-0.2, 0) is 6.54 Å². The molecule has 2 rings (SSSR count). The molecular weight excluding hydrogens is 250 g/mol. The fourth-order valence-electron chi connectivity index (χ4n) is 1.19. The highest BCUT2D eigenvalue weighted by atomic mass is 79.9. The highest BCUT2D eigenvalue weighted by molar-refractivity contribution is 9.10. The summed E-state index contributed by atoms with van der Waals surface area (Å²) in [5, 5.41) is 10.3. The third kappa shape index (κ3) is 2.06. The predicted octanol–water partition coefficient (Wildman–Crippen LogP) is 1.89. The maximum atomic E-state index is 10.3. The van der Waals surface area contributed by atoms with Gasteiger partial charge in [-0.1, -0.05) is 0 Å². The fraction of sp³-hybridized carbons (Fsp3) is 0.500. The number of hydrogen-bond donors (Lipinski definition) is 0. The van der Waals surface area contributed by atoms with Gasteiger partial charge in [0.25, 0.3) is 0 Å². The SMILES string of the molecule is O=[N+]([O-])Cc1nc(C2CC2)ncc1Br. The van der Waals surface area contributed by atoms with Gasteiger partial charge in [-0.3, -0.25) is 10.1 Å². The van der Waals surface area contributed by atoms with Gasteiger partial charge < -0.3 is 0 Å². The van der Waals surface area contributed by atoms with Crippen molar-refractivity contribution in [1.82, 2.24) is 9.97 Å². The number of hydrogen-bond acceptors (Lipinski definition) is 4. The minimum absolute atomic E-state index is 0.247. The highest BCUT2D eigenvalue weighted by Gasteiger charge is 2.27. The predicted molar refractivity (Wildman–Crippen MR) is 52.4 cm³/mol. The van der Waals surface area contributed by atoms with Crippen LogP contribution in [0.5, 0.6) is 0 Å². The summed E-state index contributed by atoms with van der Waals surface area (Å²) in [6, 6.07) is 0. The quantitative estimate of drug-likeness (QED) is 0.613. The molecule has 1 fully saturated rings. The van der Waals surface area contributed by atoms with Crippen LogP contribution in [0.15, 0.2) is 10.7 Å². The molecule has 0 spiro atoms. The van der Waals surface area contributed by atoms with Crippen LogP contribution >= 0.6 is 15.9 Å². The van der Waals surface area contributed by atoms with Crippen LogP contribution in [0.2, 0.25) is 0 Å². The van der Waals surface area contributed by atoms with E-state index in [0.717, 1.165) is 18.7 Å². The van der Waals surface area contributed by atoms with Crippen LogP contribution < -0.4 is 0 Å². The number of rotatable bonds is 3. The molecular formula is C8H8BrN3O2. The van der Waals surface area contributed by atoms with Crippen molar-refractivity contribution in [1.29, 1.82) is 0 Å². The molecule has 6 heteroatoms. The zero-order valence-electron chi connectivity index (χ0n) is 7.31. The Labute approximate surface area is 88.8 Å². The van der Waals surface area contributed by atoms with Crippen molar-refractivity contribution in [3.05, 3.63) is 32.3 Å². The molecule has 1 heterocycles. The first kappa shape index (κ1) is 9.51. The van der Waals surface area contributed by atoms with E-state index in [4.69, 9.17) is 0 Å². The monoisotopic (exact) mass is 257 g/mol. The van der Waals surface area contributed by atoms with Crippen LogP contribution in [0, 0.1) is 10.1 Å². The molecule has 0 amide bonds. The first-order chi connectivity index (χ1) is 6.66. The first-order valence-corrected chi connectivity index (χ1v) is 5.09. The van der Waals surface area contributed by atoms with Crippen molar-refractivity contribution in [2.24, 2.45) is 0 Å². The minimum Gasteiger partial charge on any atom is -0.264 e. The van der Waals surface area contributed by atoms with Gasteiger partial charge in [0, 0.05) is 17.0 Å². The van der Waals surface area contributed by atoms with E-state index in [1.165, 1.54) is 0 Å². The van der Waals surface area contributed by atoms with E-state index in [-0.39, 0.29) is 11.5 Å². The Bertz CT molecular complexity index is 379. The van der Waals surface area contributed by atoms with E-state index in [2.05, 4.69) is 25.9 Å². The summed E-state index contributed by atoms with van der Waals surface area (Å²) in [5.74, 6) is 1.17. The average molecular weight is 258 g/mol. The van der Waals surface area contributed by atoms with Crippen LogP contribution in [0.3, 0.4) is 0 Å². The Hall–Kier alpha value is -1.04. The second kappa shape index (κ2) is 3.61. The third-order valence-electron chi connectivity index (χ3n) is 2.06. The lowest BCUT2D eigenvalue weighted by molar-refractivity contribution is -0.497. The molecule has 1 saturated carbocycles. The normalized spacial score (nSPS) is 15.5. The molecule has 1 aliphatic rings. The van der Waals surface area contributed by atoms with Crippen molar-refractivity contribution >= 4 is 15.9 Å². The van der Waals surface area contributed by atoms with Crippen molar-refractivity contribution < 1.29 is 4.92 Å². The van der Waals surface area contributed by atoms with E-state index in [0.29, 0.717) is 16.1 Å². The lowest BCUT2D eigenvalue weighted by atomic mass is 10.3. The Morgan fingerprint density at radius 3 is 2.93 bits per heavy atom. The summed E-state index contributed by atoms with van der Waals surface area (Å²) in [5.41, 5.74) is 0.465. The molecule has 0 saturated heterocycles. The van der Waals surface area contributed by atoms with E-state index in [1.807, 2.05) is 0 Å². The van der Waals surface area contributed by atoms with Crippen LogP contribution in [0.25, 0.3) is 0 Å². The van der Waals surface area contributed by atoms with Gasteiger partial charge in [0.15, 0.2) is 0 Å².